The summed E-state index contributed by atoms with van der Waals surface area (Å²) in [6.07, 6.45) is 1.45. The Morgan fingerprint density at radius 1 is 0.885 bits per heavy atom. The summed E-state index contributed by atoms with van der Waals surface area (Å²) in [6.45, 7) is 28.5. The van der Waals surface area contributed by atoms with Crippen molar-refractivity contribution in [1.29, 1.82) is 0 Å². The van der Waals surface area contributed by atoms with E-state index in [4.69, 9.17) is 8.85 Å². The highest BCUT2D eigenvalue weighted by Gasteiger charge is 2.41. The summed E-state index contributed by atoms with van der Waals surface area (Å²) in [5.41, 5.74) is 0. The van der Waals surface area contributed by atoms with Gasteiger partial charge in [-0.3, -0.25) is 0 Å². The maximum absolute atomic E-state index is 12.3. The van der Waals surface area contributed by atoms with Crippen LogP contribution in [0, 0.1) is 0 Å². The second-order valence-electron chi connectivity index (χ2n) is 11.1. The fourth-order valence-corrected chi connectivity index (χ4v) is 4.27. The Bertz CT molecular complexity index is 512. The first-order valence-electron chi connectivity index (χ1n) is 9.49. The smallest absolute Gasteiger partial charge is 0.193 e. The van der Waals surface area contributed by atoms with Crippen molar-refractivity contribution in [3.05, 3.63) is 0 Å². The number of nitrogens with zero attached hydrogens (tertiary/aromatic N) is 1. The Morgan fingerprint density at radius 2 is 1.31 bits per heavy atom. The van der Waals surface area contributed by atoms with Gasteiger partial charge in [0.2, 0.25) is 0 Å². The van der Waals surface area contributed by atoms with Crippen molar-refractivity contribution in [3.63, 3.8) is 0 Å². The van der Waals surface area contributed by atoms with Gasteiger partial charge in [-0.15, -0.1) is 0 Å². The molecule has 0 aromatic rings. The van der Waals surface area contributed by atoms with Crippen LogP contribution in [0.3, 0.4) is 0 Å². The number of hydrogen-bond acceptors (Lipinski definition) is 3. The maximum Gasteiger partial charge on any atom is 0.193 e. The minimum absolute atomic E-state index is 0.0965. The molecule has 0 rings (SSSR count). The van der Waals surface area contributed by atoms with Gasteiger partial charge in [-0.05, 0) is 57.0 Å². The standard InChI is InChI=1S/C19H43NO3SSi2/c1-17(2,3)24(21)20-14-16(23-26(12,13)19(7,8)9)15-22-25(10,11)18(4,5)6/h14,16H,15H2,1-13H3/b20-14+/t16-,24+/m1/s1. The summed E-state index contributed by atoms with van der Waals surface area (Å²) in [5.74, 6) is 0. The Labute approximate surface area is 167 Å². The lowest BCUT2D eigenvalue weighted by Crippen LogP contribution is -2.48. The average Bonchev–Trinajstić information content (AvgIpc) is 2.37. The topological polar surface area (TPSA) is 47.9 Å². The molecular formula is C19H43NO3SSi2. The summed E-state index contributed by atoms with van der Waals surface area (Å²) >= 11 is 0. The third-order valence-electron chi connectivity index (χ3n) is 5.51. The Balaban J connectivity index is 5.43. The highest BCUT2D eigenvalue weighted by Crippen LogP contribution is 2.39. The molecule has 156 valence electrons. The van der Waals surface area contributed by atoms with E-state index in [0.29, 0.717) is 6.61 Å². The summed E-state index contributed by atoms with van der Waals surface area (Å²) in [6, 6.07) is 0. The molecule has 0 saturated heterocycles. The third kappa shape index (κ3) is 8.04. The van der Waals surface area contributed by atoms with Crippen molar-refractivity contribution in [3.8, 4) is 0 Å². The fourth-order valence-electron chi connectivity index (χ4n) is 1.45. The van der Waals surface area contributed by atoms with Crippen LogP contribution in [0.4, 0.5) is 0 Å². The van der Waals surface area contributed by atoms with E-state index < -0.39 is 27.6 Å². The molecule has 0 fully saturated rings. The molecule has 0 radical (unpaired) electrons. The van der Waals surface area contributed by atoms with Gasteiger partial charge in [0.05, 0.1) is 11.4 Å². The molecule has 0 heterocycles. The quantitative estimate of drug-likeness (QED) is 0.378. The average molecular weight is 422 g/mol. The summed E-state index contributed by atoms with van der Waals surface area (Å²) in [4.78, 5) is 0. The van der Waals surface area contributed by atoms with Crippen LogP contribution in [0.25, 0.3) is 0 Å². The Morgan fingerprint density at radius 3 is 1.65 bits per heavy atom. The van der Waals surface area contributed by atoms with Crippen molar-refractivity contribution < 1.29 is 13.1 Å². The number of rotatable bonds is 7. The first-order valence-corrected chi connectivity index (χ1v) is 16.4. The van der Waals surface area contributed by atoms with Gasteiger partial charge in [-0.2, -0.15) is 4.40 Å². The highest BCUT2D eigenvalue weighted by atomic mass is 32.2. The van der Waals surface area contributed by atoms with Crippen LogP contribution in [-0.2, 0) is 19.8 Å². The normalized spacial score (nSPS) is 17.6. The molecule has 0 aromatic heterocycles. The van der Waals surface area contributed by atoms with E-state index in [9.17, 15) is 4.21 Å². The molecule has 0 bridgehead atoms. The molecular weight excluding hydrogens is 378 g/mol. The van der Waals surface area contributed by atoms with Gasteiger partial charge in [0, 0.05) is 6.21 Å². The van der Waals surface area contributed by atoms with Crippen LogP contribution in [-0.4, -0.2) is 44.5 Å². The summed E-state index contributed by atoms with van der Waals surface area (Å²) in [5, 5.41) is 0.235. The molecule has 7 heteroatoms. The van der Waals surface area contributed by atoms with Gasteiger partial charge in [0.1, 0.15) is 17.1 Å². The first kappa shape index (κ1) is 26.2. The maximum atomic E-state index is 12.3. The predicted octanol–water partition coefficient (Wildman–Crippen LogP) is 5.93. The number of hydrogen-bond donors (Lipinski definition) is 0. The minimum Gasteiger partial charge on any atom is -0.414 e. The van der Waals surface area contributed by atoms with Crippen LogP contribution in [0.5, 0.6) is 0 Å². The zero-order chi connectivity index (χ0) is 21.2. The third-order valence-corrected chi connectivity index (χ3v) is 15.9. The predicted molar refractivity (Wildman–Crippen MR) is 122 cm³/mol. The van der Waals surface area contributed by atoms with Gasteiger partial charge in [0.15, 0.2) is 16.6 Å². The molecule has 0 unspecified atom stereocenters. The molecule has 4 nitrogen and oxygen atoms in total. The van der Waals surface area contributed by atoms with Crippen molar-refractivity contribution in [2.45, 2.75) is 109 Å². The Hall–Kier alpha value is 0.174. The lowest BCUT2D eigenvalue weighted by molar-refractivity contribution is 0.157. The van der Waals surface area contributed by atoms with Crippen LogP contribution in [0.2, 0.25) is 36.3 Å². The first-order chi connectivity index (χ1) is 11.2. The van der Waals surface area contributed by atoms with E-state index in [1.54, 1.807) is 6.21 Å². The highest BCUT2D eigenvalue weighted by molar-refractivity contribution is 7.85. The lowest BCUT2D eigenvalue weighted by atomic mass is 10.2. The lowest BCUT2D eigenvalue weighted by Gasteiger charge is -2.40. The molecule has 26 heavy (non-hydrogen) atoms. The van der Waals surface area contributed by atoms with Crippen molar-refractivity contribution in [1.82, 2.24) is 0 Å². The van der Waals surface area contributed by atoms with Gasteiger partial charge in [0.25, 0.3) is 0 Å². The molecule has 0 aliphatic heterocycles. The van der Waals surface area contributed by atoms with E-state index in [-0.39, 0.29) is 20.9 Å². The summed E-state index contributed by atoms with van der Waals surface area (Å²) in [7, 11) is -5.16. The van der Waals surface area contributed by atoms with E-state index in [1.807, 2.05) is 20.8 Å². The van der Waals surface area contributed by atoms with Crippen LogP contribution in [0.1, 0.15) is 62.3 Å². The largest absolute Gasteiger partial charge is 0.414 e. The molecule has 0 saturated carbocycles. The van der Waals surface area contributed by atoms with Gasteiger partial charge in [-0.1, -0.05) is 41.5 Å². The van der Waals surface area contributed by atoms with Crippen molar-refractivity contribution >= 4 is 33.8 Å². The SMILES string of the molecule is CC(C)(C)[S@](=O)/N=C/[C@H](CO[Si](C)(C)C(C)(C)C)O[Si](C)(C)C(C)(C)C. The van der Waals surface area contributed by atoms with E-state index >= 15 is 0 Å². The second-order valence-corrected chi connectivity index (χ2v) is 22.6. The van der Waals surface area contributed by atoms with E-state index in [0.717, 1.165) is 0 Å². The van der Waals surface area contributed by atoms with E-state index in [2.05, 4.69) is 72.1 Å². The van der Waals surface area contributed by atoms with Gasteiger partial charge >= 0.3 is 0 Å². The van der Waals surface area contributed by atoms with Crippen LogP contribution in [0.15, 0.2) is 4.40 Å². The Kier molecular flexibility index (Phi) is 8.74. The van der Waals surface area contributed by atoms with Gasteiger partial charge in [-0.25, -0.2) is 4.21 Å². The fraction of sp³-hybridized carbons (Fsp3) is 0.947. The summed E-state index contributed by atoms with van der Waals surface area (Å²) < 4.78 is 29.2. The monoisotopic (exact) mass is 421 g/mol. The van der Waals surface area contributed by atoms with Crippen LogP contribution < -0.4 is 0 Å². The molecule has 0 aliphatic rings. The zero-order valence-corrected chi connectivity index (χ0v) is 22.3. The van der Waals surface area contributed by atoms with E-state index in [1.165, 1.54) is 0 Å². The van der Waals surface area contributed by atoms with Gasteiger partial charge < -0.3 is 8.85 Å². The van der Waals surface area contributed by atoms with Crippen molar-refractivity contribution in [2.75, 3.05) is 6.61 Å². The minimum atomic E-state index is -1.98. The van der Waals surface area contributed by atoms with Crippen molar-refractivity contribution in [2.24, 2.45) is 4.40 Å². The van der Waals surface area contributed by atoms with Crippen LogP contribution >= 0.6 is 0 Å². The molecule has 0 aromatic carbocycles. The molecule has 0 amide bonds. The molecule has 0 N–H and O–H groups in total. The molecule has 0 aliphatic carbocycles. The molecule has 2 atom stereocenters. The second kappa shape index (κ2) is 8.68. The zero-order valence-electron chi connectivity index (χ0n) is 19.4. The molecule has 0 spiro atoms.